The topological polar surface area (TPSA) is 88.1 Å². The zero-order valence-corrected chi connectivity index (χ0v) is 12.7. The average molecular weight is 299 g/mol. The zero-order chi connectivity index (χ0) is 14.6. The van der Waals surface area contributed by atoms with E-state index < -0.39 is 9.84 Å². The largest absolute Gasteiger partial charge is 0.353 e. The summed E-state index contributed by atoms with van der Waals surface area (Å²) in [6, 6.07) is -0.0132. The van der Waals surface area contributed by atoms with Gasteiger partial charge in [0.2, 0.25) is 5.95 Å². The fraction of sp³-hybridized carbons (Fsp3) is 0.750. The fourth-order valence-electron chi connectivity index (χ4n) is 2.37. The van der Waals surface area contributed by atoms with E-state index >= 15 is 0 Å². The third-order valence-electron chi connectivity index (χ3n) is 3.36. The maximum atomic E-state index is 11.6. The molecule has 2 rings (SSSR count). The molecule has 0 aromatic carbocycles. The molecule has 7 nitrogen and oxygen atoms in total. The second-order valence-corrected chi connectivity index (χ2v) is 7.14. The van der Waals surface area contributed by atoms with Crippen LogP contribution in [0.4, 0.5) is 11.8 Å². The number of hydrogen-bond donors (Lipinski definition) is 1. The summed E-state index contributed by atoms with van der Waals surface area (Å²) < 4.78 is 23.2. The summed E-state index contributed by atoms with van der Waals surface area (Å²) >= 11 is 0. The quantitative estimate of drug-likeness (QED) is 0.827. The summed E-state index contributed by atoms with van der Waals surface area (Å²) in [7, 11) is -2.90. The minimum Gasteiger partial charge on any atom is -0.353 e. The minimum atomic E-state index is -2.90. The number of hydrogen-bond acceptors (Lipinski definition) is 7. The summed E-state index contributed by atoms with van der Waals surface area (Å²) in [5.74, 6) is 1.63. The van der Waals surface area contributed by atoms with Gasteiger partial charge >= 0.3 is 0 Å². The van der Waals surface area contributed by atoms with Gasteiger partial charge in [-0.25, -0.2) is 8.42 Å². The molecule has 2 heterocycles. The Morgan fingerprint density at radius 3 is 2.85 bits per heavy atom. The van der Waals surface area contributed by atoms with Crippen LogP contribution >= 0.6 is 0 Å². The van der Waals surface area contributed by atoms with Crippen molar-refractivity contribution >= 4 is 21.6 Å². The molecule has 0 saturated carbocycles. The van der Waals surface area contributed by atoms with E-state index in [1.165, 1.54) is 0 Å². The first-order valence-corrected chi connectivity index (χ1v) is 8.78. The third-order valence-corrected chi connectivity index (χ3v) is 5.11. The molecule has 0 aliphatic carbocycles. The number of nitrogens with zero attached hydrogens (tertiary/aromatic N) is 4. The molecule has 0 radical (unpaired) electrons. The van der Waals surface area contributed by atoms with Crippen molar-refractivity contribution in [2.75, 3.05) is 34.8 Å². The van der Waals surface area contributed by atoms with Crippen LogP contribution in [0.1, 0.15) is 26.7 Å². The highest BCUT2D eigenvalue weighted by Gasteiger charge is 2.32. The Morgan fingerprint density at radius 1 is 1.45 bits per heavy atom. The SMILES string of the molecule is CCCNc1nncc(N(CC)C2CCS(=O)(=O)C2)n1. The first kappa shape index (κ1) is 15.0. The molecule has 8 heteroatoms. The maximum absolute atomic E-state index is 11.6. The standard InChI is InChI=1S/C12H21N5O2S/c1-3-6-13-12-15-11(8-14-16-12)17(4-2)10-5-7-20(18,19)9-10/h8,10H,3-7,9H2,1-2H3,(H,13,15,16). The van der Waals surface area contributed by atoms with E-state index in [9.17, 15) is 8.42 Å². The van der Waals surface area contributed by atoms with Gasteiger partial charge in [0.15, 0.2) is 15.7 Å². The highest BCUT2D eigenvalue weighted by molar-refractivity contribution is 7.91. The van der Waals surface area contributed by atoms with Gasteiger partial charge < -0.3 is 10.2 Å². The summed E-state index contributed by atoms with van der Waals surface area (Å²) in [6.45, 7) is 5.54. The molecule has 112 valence electrons. The molecule has 1 aliphatic heterocycles. The third kappa shape index (κ3) is 3.56. The first-order chi connectivity index (χ1) is 9.55. The predicted molar refractivity (Wildman–Crippen MR) is 78.7 cm³/mol. The van der Waals surface area contributed by atoms with Gasteiger partial charge in [-0.3, -0.25) is 0 Å². The molecular formula is C12H21N5O2S. The lowest BCUT2D eigenvalue weighted by atomic mass is 10.2. The molecule has 0 spiro atoms. The van der Waals surface area contributed by atoms with Crippen LogP contribution in [-0.2, 0) is 9.84 Å². The number of aromatic nitrogens is 3. The van der Waals surface area contributed by atoms with Crippen LogP contribution < -0.4 is 10.2 Å². The highest BCUT2D eigenvalue weighted by atomic mass is 32.2. The van der Waals surface area contributed by atoms with Gasteiger partial charge in [-0.2, -0.15) is 10.1 Å². The van der Waals surface area contributed by atoms with Gasteiger partial charge in [-0.05, 0) is 19.8 Å². The Labute approximate surface area is 119 Å². The van der Waals surface area contributed by atoms with Crippen molar-refractivity contribution in [1.29, 1.82) is 0 Å². The molecule has 0 bridgehead atoms. The molecule has 20 heavy (non-hydrogen) atoms. The Hall–Kier alpha value is -1.44. The molecule has 1 unspecified atom stereocenters. The molecule has 1 aliphatic rings. The van der Waals surface area contributed by atoms with E-state index in [1.54, 1.807) is 6.20 Å². The molecular weight excluding hydrogens is 278 g/mol. The van der Waals surface area contributed by atoms with Crippen molar-refractivity contribution in [1.82, 2.24) is 15.2 Å². The number of sulfone groups is 1. The van der Waals surface area contributed by atoms with Crippen molar-refractivity contribution in [3.8, 4) is 0 Å². The van der Waals surface area contributed by atoms with Crippen LogP contribution in [0.5, 0.6) is 0 Å². The second kappa shape index (κ2) is 6.34. The lowest BCUT2D eigenvalue weighted by molar-refractivity contribution is 0.599. The van der Waals surface area contributed by atoms with Crippen LogP contribution in [0.15, 0.2) is 6.20 Å². The van der Waals surface area contributed by atoms with E-state index in [0.29, 0.717) is 24.7 Å². The van der Waals surface area contributed by atoms with Gasteiger partial charge in [0, 0.05) is 19.1 Å². The molecule has 1 saturated heterocycles. The van der Waals surface area contributed by atoms with Crippen molar-refractivity contribution in [2.24, 2.45) is 0 Å². The smallest absolute Gasteiger partial charge is 0.244 e. The Bertz CT molecular complexity index is 549. The van der Waals surface area contributed by atoms with Crippen molar-refractivity contribution in [3.63, 3.8) is 0 Å². The van der Waals surface area contributed by atoms with Gasteiger partial charge in [-0.15, -0.1) is 5.10 Å². The lowest BCUT2D eigenvalue weighted by Crippen LogP contribution is -2.37. The van der Waals surface area contributed by atoms with Gasteiger partial charge in [0.05, 0.1) is 17.7 Å². The summed E-state index contributed by atoms with van der Waals surface area (Å²) in [4.78, 5) is 6.42. The van der Waals surface area contributed by atoms with E-state index in [1.807, 2.05) is 11.8 Å². The summed E-state index contributed by atoms with van der Waals surface area (Å²) in [6.07, 6.45) is 3.22. The van der Waals surface area contributed by atoms with Gasteiger partial charge in [0.25, 0.3) is 0 Å². The van der Waals surface area contributed by atoms with Crippen molar-refractivity contribution in [3.05, 3.63) is 6.20 Å². The van der Waals surface area contributed by atoms with Gasteiger partial charge in [0.1, 0.15) is 0 Å². The van der Waals surface area contributed by atoms with E-state index in [-0.39, 0.29) is 17.5 Å². The first-order valence-electron chi connectivity index (χ1n) is 6.96. The number of nitrogens with one attached hydrogen (secondary N) is 1. The Kier molecular flexibility index (Phi) is 4.74. The molecule has 1 atom stereocenters. The van der Waals surface area contributed by atoms with Crippen LogP contribution in [0.25, 0.3) is 0 Å². The summed E-state index contributed by atoms with van der Waals surface area (Å²) in [5, 5.41) is 11.0. The monoisotopic (exact) mass is 299 g/mol. The normalized spacial score (nSPS) is 20.8. The van der Waals surface area contributed by atoms with E-state index in [0.717, 1.165) is 13.0 Å². The molecule has 1 aromatic heterocycles. The number of anilines is 2. The average Bonchev–Trinajstić information content (AvgIpc) is 2.78. The van der Waals surface area contributed by atoms with Crippen LogP contribution in [0, 0.1) is 0 Å². The maximum Gasteiger partial charge on any atom is 0.244 e. The number of rotatable bonds is 6. The molecule has 1 fully saturated rings. The van der Waals surface area contributed by atoms with Crippen LogP contribution in [-0.4, -0.2) is 54.2 Å². The lowest BCUT2D eigenvalue weighted by Gasteiger charge is -2.27. The zero-order valence-electron chi connectivity index (χ0n) is 11.9. The fourth-order valence-corrected chi connectivity index (χ4v) is 4.10. The molecule has 1 N–H and O–H groups in total. The Morgan fingerprint density at radius 2 is 2.25 bits per heavy atom. The highest BCUT2D eigenvalue weighted by Crippen LogP contribution is 2.22. The molecule has 1 aromatic rings. The van der Waals surface area contributed by atoms with Crippen LogP contribution in [0.3, 0.4) is 0 Å². The summed E-state index contributed by atoms with van der Waals surface area (Å²) in [5.41, 5.74) is 0. The van der Waals surface area contributed by atoms with Crippen molar-refractivity contribution < 1.29 is 8.42 Å². The van der Waals surface area contributed by atoms with Gasteiger partial charge in [-0.1, -0.05) is 6.92 Å². The Balaban J connectivity index is 2.15. The van der Waals surface area contributed by atoms with Crippen LogP contribution in [0.2, 0.25) is 0 Å². The molecule has 0 amide bonds. The van der Waals surface area contributed by atoms with Crippen molar-refractivity contribution in [2.45, 2.75) is 32.7 Å². The van der Waals surface area contributed by atoms with E-state index in [4.69, 9.17) is 0 Å². The van der Waals surface area contributed by atoms with E-state index in [2.05, 4.69) is 27.4 Å². The minimum absolute atomic E-state index is 0.0132. The second-order valence-electron chi connectivity index (χ2n) is 4.91. The predicted octanol–water partition coefficient (Wildman–Crippen LogP) is 0.707.